The first-order valence-electron chi connectivity index (χ1n) is 2.75. The average molecular weight is 99.2 g/mol. The van der Waals surface area contributed by atoms with Crippen LogP contribution in [0.2, 0.25) is 0 Å². The number of hydrogen-bond acceptors (Lipinski definition) is 0. The van der Waals surface area contributed by atoms with Crippen LogP contribution < -0.4 is 0 Å². The smallest absolute Gasteiger partial charge is 0.0874 e. The third kappa shape index (κ3) is 2.67. The lowest BCUT2D eigenvalue weighted by Gasteiger charge is -2.36. The molecular weight excluding hydrogens is 84.1 g/mol. The van der Waals surface area contributed by atoms with E-state index in [2.05, 4.69) is 34.6 Å². The minimum absolute atomic E-state index is 0.417. The maximum atomic E-state index is 2.22. The van der Waals surface area contributed by atoms with Crippen LogP contribution in [0.4, 0.5) is 0 Å². The van der Waals surface area contributed by atoms with E-state index in [4.69, 9.17) is 0 Å². The lowest BCUT2D eigenvalue weighted by Crippen LogP contribution is -2.10. The topological polar surface area (TPSA) is 0 Å². The van der Waals surface area contributed by atoms with Gasteiger partial charge in [-0.15, -0.1) is 0 Å². The predicted octanol–water partition coefficient (Wildman–Crippen LogP) is 2.65. The molecule has 0 spiro atoms. The van der Waals surface area contributed by atoms with Crippen LogP contribution in [0.15, 0.2) is 0 Å². The van der Waals surface area contributed by atoms with Crippen molar-refractivity contribution < 1.29 is 0 Å². The van der Waals surface area contributed by atoms with E-state index in [0.717, 1.165) is 0 Å². The first-order chi connectivity index (χ1) is 2.94. The van der Waals surface area contributed by atoms with Gasteiger partial charge in [0.1, 0.15) is 0 Å². The van der Waals surface area contributed by atoms with E-state index in [1.807, 2.05) is 0 Å². The molecule has 0 aliphatic carbocycles. The summed E-state index contributed by atoms with van der Waals surface area (Å²) in [6.07, 6.45) is 0. The fourth-order valence-corrected chi connectivity index (χ4v) is 0. The molecule has 0 saturated carbocycles. The molecule has 0 fully saturated rings. The molecule has 0 heterocycles. The Labute approximate surface area is 46.9 Å². The summed E-state index contributed by atoms with van der Waals surface area (Å²) >= 11 is 0. The van der Waals surface area contributed by atoms with Crippen LogP contribution in [0.3, 0.4) is 0 Å². The summed E-state index contributed by atoms with van der Waals surface area (Å²) in [5.74, 6) is 1.49. The van der Waals surface area contributed by atoms with Crippen molar-refractivity contribution in [3.63, 3.8) is 0 Å². The van der Waals surface area contributed by atoms with Crippen LogP contribution in [0.1, 0.15) is 34.6 Å². The summed E-state index contributed by atoms with van der Waals surface area (Å²) in [6.45, 7) is 11.0. The van der Waals surface area contributed by atoms with Crippen LogP contribution in [0, 0.1) is 11.3 Å². The molecule has 0 amide bonds. The van der Waals surface area contributed by atoms with Gasteiger partial charge in [0.2, 0.25) is 0 Å². The van der Waals surface area contributed by atoms with Gasteiger partial charge in [0, 0.05) is 0 Å². The van der Waals surface area contributed by atoms with Gasteiger partial charge in [0.15, 0.2) is 0 Å². The summed E-state index contributed by atoms with van der Waals surface area (Å²) in [5.41, 5.74) is 0.417. The zero-order valence-electron chi connectivity index (χ0n) is 6.00. The first kappa shape index (κ1) is 7.00. The fourth-order valence-electron chi connectivity index (χ4n) is 0. The monoisotopic (exact) mass is 99.1 g/mol. The van der Waals surface area contributed by atoms with E-state index in [0.29, 0.717) is 5.41 Å². The maximum Gasteiger partial charge on any atom is -0.0874 e. The Bertz CT molecular complexity index is 45.5. The molecule has 0 N–H and O–H groups in total. The standard InChI is InChI=1S/C7H15/c1-6(2)7(3,4)5/h1-5H3/q-1. The Balaban J connectivity index is 3.54. The maximum absolute atomic E-state index is 2.22. The van der Waals surface area contributed by atoms with Crippen LogP contribution in [-0.2, 0) is 0 Å². The summed E-state index contributed by atoms with van der Waals surface area (Å²) < 4.78 is 0. The SMILES string of the molecule is C[C-](C)C(C)(C)C. The Morgan fingerprint density at radius 1 is 1.00 bits per heavy atom. The molecule has 0 radical (unpaired) electrons. The largest absolute Gasteiger partial charge is 0.314 e. The highest BCUT2D eigenvalue weighted by Crippen LogP contribution is 2.25. The lowest BCUT2D eigenvalue weighted by molar-refractivity contribution is 0.438. The van der Waals surface area contributed by atoms with E-state index < -0.39 is 0 Å². The molecule has 0 heteroatoms. The first-order valence-corrected chi connectivity index (χ1v) is 2.75. The Morgan fingerprint density at radius 3 is 1.14 bits per heavy atom. The van der Waals surface area contributed by atoms with Crippen molar-refractivity contribution in [1.29, 1.82) is 0 Å². The quantitative estimate of drug-likeness (QED) is 0.409. The Morgan fingerprint density at radius 2 is 1.14 bits per heavy atom. The molecule has 0 aromatic rings. The van der Waals surface area contributed by atoms with E-state index in [-0.39, 0.29) is 0 Å². The average Bonchev–Trinajstić information content (AvgIpc) is 1.31. The van der Waals surface area contributed by atoms with Crippen molar-refractivity contribution in [3.8, 4) is 0 Å². The highest BCUT2D eigenvalue weighted by Gasteiger charge is 2.00. The molecule has 0 aliphatic rings. The molecule has 0 aromatic heterocycles. The normalized spacial score (nSPS) is 12.9. The predicted molar refractivity (Wildman–Crippen MR) is 34.0 cm³/mol. The molecule has 0 unspecified atom stereocenters. The molecule has 0 atom stereocenters. The van der Waals surface area contributed by atoms with Crippen molar-refractivity contribution >= 4 is 0 Å². The highest BCUT2D eigenvalue weighted by atomic mass is 14.2. The minimum Gasteiger partial charge on any atom is -0.314 e. The second-order valence-electron chi connectivity index (χ2n) is 3.25. The number of rotatable bonds is 0. The van der Waals surface area contributed by atoms with Crippen molar-refractivity contribution in [1.82, 2.24) is 0 Å². The summed E-state index contributed by atoms with van der Waals surface area (Å²) in [5, 5.41) is 0. The van der Waals surface area contributed by atoms with Gasteiger partial charge >= 0.3 is 0 Å². The number of hydrogen-bond donors (Lipinski definition) is 0. The van der Waals surface area contributed by atoms with Gasteiger partial charge in [-0.3, -0.25) is 0 Å². The molecule has 0 saturated heterocycles. The Kier molecular flexibility index (Phi) is 1.85. The molecule has 7 heavy (non-hydrogen) atoms. The van der Waals surface area contributed by atoms with Crippen LogP contribution in [0.5, 0.6) is 0 Å². The zero-order chi connectivity index (χ0) is 6.08. The molecule has 0 rings (SSSR count). The fraction of sp³-hybridized carbons (Fsp3) is 0.857. The van der Waals surface area contributed by atoms with Crippen molar-refractivity contribution in [2.45, 2.75) is 34.6 Å². The summed E-state index contributed by atoms with van der Waals surface area (Å²) in [4.78, 5) is 0. The van der Waals surface area contributed by atoms with E-state index in [1.54, 1.807) is 0 Å². The van der Waals surface area contributed by atoms with Crippen LogP contribution >= 0.6 is 0 Å². The van der Waals surface area contributed by atoms with Crippen molar-refractivity contribution in [3.05, 3.63) is 5.92 Å². The van der Waals surface area contributed by atoms with Gasteiger partial charge in [-0.25, -0.2) is 0 Å². The van der Waals surface area contributed by atoms with Crippen molar-refractivity contribution in [2.24, 2.45) is 5.41 Å². The minimum atomic E-state index is 0.417. The molecule has 0 aliphatic heterocycles. The van der Waals surface area contributed by atoms with Gasteiger partial charge in [-0.1, -0.05) is 20.8 Å². The van der Waals surface area contributed by atoms with Gasteiger partial charge in [0.05, 0.1) is 0 Å². The second kappa shape index (κ2) is 1.85. The van der Waals surface area contributed by atoms with Gasteiger partial charge in [-0.2, -0.15) is 19.3 Å². The molecule has 0 bridgehead atoms. The van der Waals surface area contributed by atoms with Gasteiger partial charge < -0.3 is 5.92 Å². The lowest BCUT2D eigenvalue weighted by atomic mass is 9.84. The van der Waals surface area contributed by atoms with Crippen LogP contribution in [-0.4, -0.2) is 0 Å². The summed E-state index contributed by atoms with van der Waals surface area (Å²) in [6, 6.07) is 0. The van der Waals surface area contributed by atoms with Gasteiger partial charge in [0.25, 0.3) is 0 Å². The molecule has 0 nitrogen and oxygen atoms in total. The highest BCUT2D eigenvalue weighted by molar-refractivity contribution is 4.90. The van der Waals surface area contributed by atoms with Gasteiger partial charge in [-0.05, 0) is 0 Å². The van der Waals surface area contributed by atoms with E-state index in [9.17, 15) is 0 Å². The molecular formula is C7H15-. The van der Waals surface area contributed by atoms with E-state index in [1.165, 1.54) is 5.92 Å². The molecule has 0 aromatic carbocycles. The van der Waals surface area contributed by atoms with E-state index >= 15 is 0 Å². The molecule has 44 valence electrons. The Hall–Kier alpha value is 0. The third-order valence-corrected chi connectivity index (χ3v) is 1.50. The second-order valence-corrected chi connectivity index (χ2v) is 3.25. The van der Waals surface area contributed by atoms with Crippen LogP contribution in [0.25, 0.3) is 0 Å². The summed E-state index contributed by atoms with van der Waals surface area (Å²) in [7, 11) is 0. The van der Waals surface area contributed by atoms with Crippen molar-refractivity contribution in [2.75, 3.05) is 0 Å². The zero-order valence-corrected chi connectivity index (χ0v) is 6.00. The third-order valence-electron chi connectivity index (χ3n) is 1.50.